The molecular weight excluding hydrogens is 222 g/mol. The Morgan fingerprint density at radius 2 is 1.67 bits per heavy atom. The molecule has 0 saturated heterocycles. The molecule has 3 fully saturated rings. The lowest BCUT2D eigenvalue weighted by Gasteiger charge is -2.46. The lowest BCUT2D eigenvalue weighted by molar-refractivity contribution is 0.100. The molecule has 3 aliphatic carbocycles. The van der Waals surface area contributed by atoms with Crippen LogP contribution in [0.4, 0.5) is 0 Å². The van der Waals surface area contributed by atoms with Crippen molar-refractivity contribution in [1.82, 2.24) is 0 Å². The van der Waals surface area contributed by atoms with Crippen molar-refractivity contribution in [2.45, 2.75) is 31.6 Å². The van der Waals surface area contributed by atoms with Crippen LogP contribution in [-0.2, 0) is 0 Å². The highest BCUT2D eigenvalue weighted by Crippen LogP contribution is 2.53. The topological polar surface area (TPSA) is 33.0 Å². The molecule has 0 aromatic heterocycles. The predicted molar refractivity (Wildman–Crippen MR) is 70.3 cm³/mol. The van der Waals surface area contributed by atoms with Crippen LogP contribution in [0.15, 0.2) is 24.3 Å². The lowest BCUT2D eigenvalue weighted by Crippen LogP contribution is -2.37. The van der Waals surface area contributed by atoms with Crippen molar-refractivity contribution in [1.29, 1.82) is 5.26 Å². The van der Waals surface area contributed by atoms with Crippen LogP contribution in [0.3, 0.4) is 0 Å². The number of nitrogens with zero attached hydrogens (tertiary/aromatic N) is 1. The molecule has 0 unspecified atom stereocenters. The highest BCUT2D eigenvalue weighted by Gasteiger charge is 2.44. The first-order chi connectivity index (χ1) is 8.83. The van der Waals surface area contributed by atoms with Gasteiger partial charge in [0.1, 0.15) is 5.75 Å². The van der Waals surface area contributed by atoms with Crippen LogP contribution in [0.5, 0.6) is 5.75 Å². The molecule has 2 nitrogen and oxygen atoms in total. The van der Waals surface area contributed by atoms with E-state index in [1.807, 2.05) is 12.1 Å². The standard InChI is InChI=1S/C16H19NO/c1-18-14-8-6-13(7-9-14)16-12-4-2-11(3-5-12)15(16)10-17/h6-9,11-12,15-16H,2-5H2,1H3/t11?,12?,15-,16-/m1/s1. The van der Waals surface area contributed by atoms with Gasteiger partial charge in [0.15, 0.2) is 0 Å². The second-order valence-corrected chi connectivity index (χ2v) is 5.63. The van der Waals surface area contributed by atoms with Gasteiger partial charge in [0.05, 0.1) is 19.1 Å². The summed E-state index contributed by atoms with van der Waals surface area (Å²) in [6, 6.07) is 10.9. The Labute approximate surface area is 109 Å². The van der Waals surface area contributed by atoms with Gasteiger partial charge in [-0.15, -0.1) is 0 Å². The van der Waals surface area contributed by atoms with Gasteiger partial charge >= 0.3 is 0 Å². The summed E-state index contributed by atoms with van der Waals surface area (Å²) in [6.07, 6.45) is 5.13. The van der Waals surface area contributed by atoms with Crippen molar-refractivity contribution in [2.24, 2.45) is 17.8 Å². The van der Waals surface area contributed by atoms with Gasteiger partial charge < -0.3 is 4.74 Å². The SMILES string of the molecule is COc1ccc([C@H]2C3CCC(CC3)[C@H]2C#N)cc1. The summed E-state index contributed by atoms with van der Waals surface area (Å²) in [5.41, 5.74) is 1.33. The van der Waals surface area contributed by atoms with Crippen molar-refractivity contribution in [3.05, 3.63) is 29.8 Å². The molecule has 0 heterocycles. The zero-order chi connectivity index (χ0) is 12.5. The minimum Gasteiger partial charge on any atom is -0.497 e. The number of benzene rings is 1. The highest BCUT2D eigenvalue weighted by molar-refractivity contribution is 5.32. The van der Waals surface area contributed by atoms with Gasteiger partial charge in [0, 0.05) is 5.92 Å². The van der Waals surface area contributed by atoms with Crippen molar-refractivity contribution in [2.75, 3.05) is 7.11 Å². The summed E-state index contributed by atoms with van der Waals surface area (Å²) >= 11 is 0. The quantitative estimate of drug-likeness (QED) is 0.790. The molecule has 3 saturated carbocycles. The second-order valence-electron chi connectivity index (χ2n) is 5.63. The Balaban J connectivity index is 1.91. The largest absolute Gasteiger partial charge is 0.497 e. The third-order valence-corrected chi connectivity index (χ3v) is 4.87. The molecule has 18 heavy (non-hydrogen) atoms. The van der Waals surface area contributed by atoms with Crippen LogP contribution >= 0.6 is 0 Å². The molecule has 94 valence electrons. The maximum absolute atomic E-state index is 9.47. The number of rotatable bonds is 2. The zero-order valence-electron chi connectivity index (χ0n) is 10.8. The van der Waals surface area contributed by atoms with E-state index in [9.17, 15) is 5.26 Å². The fraction of sp³-hybridized carbons (Fsp3) is 0.562. The molecule has 4 rings (SSSR count). The van der Waals surface area contributed by atoms with Gasteiger partial charge in [-0.2, -0.15) is 5.26 Å². The second kappa shape index (κ2) is 4.65. The van der Waals surface area contributed by atoms with E-state index in [2.05, 4.69) is 18.2 Å². The summed E-state index contributed by atoms with van der Waals surface area (Å²) < 4.78 is 5.21. The molecule has 2 atom stereocenters. The Hall–Kier alpha value is -1.49. The van der Waals surface area contributed by atoms with Crippen molar-refractivity contribution in [3.8, 4) is 11.8 Å². The van der Waals surface area contributed by atoms with Gasteiger partial charge in [-0.25, -0.2) is 0 Å². The molecule has 0 radical (unpaired) electrons. The summed E-state index contributed by atoms with van der Waals surface area (Å²) in [5.74, 6) is 2.92. The number of hydrogen-bond donors (Lipinski definition) is 0. The van der Waals surface area contributed by atoms with Gasteiger partial charge in [0.25, 0.3) is 0 Å². The van der Waals surface area contributed by atoms with Crippen LogP contribution in [0.25, 0.3) is 0 Å². The van der Waals surface area contributed by atoms with Crippen molar-refractivity contribution < 1.29 is 4.74 Å². The van der Waals surface area contributed by atoms with Crippen LogP contribution in [0.2, 0.25) is 0 Å². The minimum atomic E-state index is 0.228. The third-order valence-electron chi connectivity index (χ3n) is 4.87. The number of nitriles is 1. The molecular formula is C16H19NO. The fourth-order valence-corrected chi connectivity index (χ4v) is 3.94. The van der Waals surface area contributed by atoms with Crippen LogP contribution in [-0.4, -0.2) is 7.11 Å². The summed E-state index contributed by atoms with van der Waals surface area (Å²) in [4.78, 5) is 0. The number of ether oxygens (including phenoxy) is 1. The van der Waals surface area contributed by atoms with E-state index in [-0.39, 0.29) is 5.92 Å². The van der Waals surface area contributed by atoms with Crippen LogP contribution in [0.1, 0.15) is 37.2 Å². The molecule has 2 bridgehead atoms. The average Bonchev–Trinajstić information content (AvgIpc) is 2.47. The number of hydrogen-bond acceptors (Lipinski definition) is 2. The molecule has 2 heteroatoms. The molecule has 0 amide bonds. The molecule has 1 aromatic rings. The van der Waals surface area contributed by atoms with E-state index in [1.54, 1.807) is 7.11 Å². The van der Waals surface area contributed by atoms with Gasteiger partial charge in [-0.1, -0.05) is 12.1 Å². The highest BCUT2D eigenvalue weighted by atomic mass is 16.5. The lowest BCUT2D eigenvalue weighted by atomic mass is 9.57. The predicted octanol–water partition coefficient (Wildman–Crippen LogP) is 3.74. The first-order valence-electron chi connectivity index (χ1n) is 6.87. The normalized spacial score (nSPS) is 34.0. The fourth-order valence-electron chi connectivity index (χ4n) is 3.94. The minimum absolute atomic E-state index is 0.228. The Morgan fingerprint density at radius 3 is 2.22 bits per heavy atom. The van der Waals surface area contributed by atoms with E-state index >= 15 is 0 Å². The first-order valence-corrected chi connectivity index (χ1v) is 6.87. The monoisotopic (exact) mass is 241 g/mol. The van der Waals surface area contributed by atoms with Gasteiger partial charge in [0.2, 0.25) is 0 Å². The maximum Gasteiger partial charge on any atom is 0.118 e. The Morgan fingerprint density at radius 1 is 1.06 bits per heavy atom. The van der Waals surface area contributed by atoms with Crippen LogP contribution < -0.4 is 4.74 Å². The van der Waals surface area contributed by atoms with Crippen LogP contribution in [0, 0.1) is 29.1 Å². The van der Waals surface area contributed by atoms with E-state index in [4.69, 9.17) is 4.74 Å². The number of methoxy groups -OCH3 is 1. The molecule has 0 aliphatic heterocycles. The Bertz CT molecular complexity index is 451. The summed E-state index contributed by atoms with van der Waals surface area (Å²) in [5, 5.41) is 9.47. The molecule has 0 spiro atoms. The summed E-state index contributed by atoms with van der Waals surface area (Å²) in [6.45, 7) is 0. The van der Waals surface area contributed by atoms with E-state index in [0.717, 1.165) is 5.75 Å². The zero-order valence-corrected chi connectivity index (χ0v) is 10.8. The van der Waals surface area contributed by atoms with Crippen molar-refractivity contribution in [3.63, 3.8) is 0 Å². The summed E-state index contributed by atoms with van der Waals surface area (Å²) in [7, 11) is 1.69. The van der Waals surface area contributed by atoms with Gasteiger partial charge in [-0.3, -0.25) is 0 Å². The Kier molecular flexibility index (Phi) is 2.99. The molecule has 1 aromatic carbocycles. The molecule has 0 N–H and O–H groups in total. The van der Waals surface area contributed by atoms with Crippen molar-refractivity contribution >= 4 is 0 Å². The maximum atomic E-state index is 9.47. The number of fused-ring (bicyclic) bond motifs is 3. The first kappa shape index (κ1) is 11.6. The average molecular weight is 241 g/mol. The third kappa shape index (κ3) is 1.79. The molecule has 3 aliphatic rings. The smallest absolute Gasteiger partial charge is 0.118 e. The van der Waals surface area contributed by atoms with Gasteiger partial charge in [-0.05, 0) is 55.2 Å². The van der Waals surface area contributed by atoms with E-state index < -0.39 is 0 Å². The van der Waals surface area contributed by atoms with E-state index in [1.165, 1.54) is 31.2 Å². The van der Waals surface area contributed by atoms with E-state index in [0.29, 0.717) is 17.8 Å².